The Bertz CT molecular complexity index is 598. The van der Waals surface area contributed by atoms with Gasteiger partial charge in [0.25, 0.3) is 0 Å². The van der Waals surface area contributed by atoms with E-state index in [9.17, 15) is 9.18 Å². The number of likely N-dealkylation sites (N-methyl/N-ethyl adjacent to an activating group) is 1. The molecule has 2 rings (SSSR count). The molecule has 0 saturated carbocycles. The zero-order valence-corrected chi connectivity index (χ0v) is 11.1. The summed E-state index contributed by atoms with van der Waals surface area (Å²) in [5, 5.41) is 2.76. The van der Waals surface area contributed by atoms with Crippen molar-refractivity contribution < 1.29 is 9.18 Å². The predicted molar refractivity (Wildman–Crippen MR) is 79.2 cm³/mol. The van der Waals surface area contributed by atoms with Crippen LogP contribution in [0.15, 0.2) is 48.5 Å². The molecule has 0 bridgehead atoms. The molecule has 20 heavy (non-hydrogen) atoms. The van der Waals surface area contributed by atoms with Crippen LogP contribution < -0.4 is 16.0 Å². The zero-order chi connectivity index (χ0) is 14.5. The van der Waals surface area contributed by atoms with E-state index in [1.165, 1.54) is 12.1 Å². The highest BCUT2D eigenvalue weighted by molar-refractivity contribution is 5.94. The Kier molecular flexibility index (Phi) is 4.20. The van der Waals surface area contributed by atoms with Crippen LogP contribution in [0, 0.1) is 5.82 Å². The second kappa shape index (κ2) is 6.06. The Morgan fingerprint density at radius 3 is 2.60 bits per heavy atom. The number of rotatable bonds is 4. The van der Waals surface area contributed by atoms with Crippen LogP contribution >= 0.6 is 0 Å². The summed E-state index contributed by atoms with van der Waals surface area (Å²) in [6.45, 7) is 0.167. The van der Waals surface area contributed by atoms with Gasteiger partial charge in [0.15, 0.2) is 0 Å². The first-order chi connectivity index (χ1) is 9.54. The number of halogens is 1. The molecule has 0 aliphatic rings. The van der Waals surface area contributed by atoms with Crippen molar-refractivity contribution in [1.82, 2.24) is 0 Å². The smallest absolute Gasteiger partial charge is 0.243 e. The maximum Gasteiger partial charge on any atom is 0.243 e. The lowest BCUT2D eigenvalue weighted by Gasteiger charge is -2.18. The fourth-order valence-corrected chi connectivity index (χ4v) is 1.82. The molecule has 0 heterocycles. The second-order valence-electron chi connectivity index (χ2n) is 4.51. The molecule has 0 fully saturated rings. The SMILES string of the molecule is CN(CC(=O)Nc1cccc(N)c1)c1ccc(F)cc1. The molecule has 0 atom stereocenters. The molecule has 0 aliphatic heterocycles. The number of nitrogens with zero attached hydrogens (tertiary/aromatic N) is 1. The average molecular weight is 273 g/mol. The zero-order valence-electron chi connectivity index (χ0n) is 11.1. The maximum absolute atomic E-state index is 12.8. The van der Waals surface area contributed by atoms with E-state index >= 15 is 0 Å². The Morgan fingerprint density at radius 2 is 1.95 bits per heavy atom. The molecule has 3 N–H and O–H groups in total. The highest BCUT2D eigenvalue weighted by atomic mass is 19.1. The molecule has 0 aliphatic carbocycles. The van der Waals surface area contributed by atoms with Crippen molar-refractivity contribution in [2.24, 2.45) is 0 Å². The van der Waals surface area contributed by atoms with E-state index in [2.05, 4.69) is 5.32 Å². The standard InChI is InChI=1S/C15H16FN3O/c1-19(14-7-5-11(16)6-8-14)10-15(20)18-13-4-2-3-12(17)9-13/h2-9H,10,17H2,1H3,(H,18,20). The number of carbonyl (C=O) groups excluding carboxylic acids is 1. The highest BCUT2D eigenvalue weighted by Gasteiger charge is 2.08. The molecule has 0 spiro atoms. The van der Waals surface area contributed by atoms with Gasteiger partial charge in [-0.25, -0.2) is 4.39 Å². The topological polar surface area (TPSA) is 58.4 Å². The molecule has 104 valence electrons. The number of anilines is 3. The van der Waals surface area contributed by atoms with Crippen LogP contribution in [0.25, 0.3) is 0 Å². The largest absolute Gasteiger partial charge is 0.399 e. The van der Waals surface area contributed by atoms with Gasteiger partial charge in [-0.05, 0) is 42.5 Å². The van der Waals surface area contributed by atoms with Crippen molar-refractivity contribution >= 4 is 23.0 Å². The first kappa shape index (κ1) is 13.9. The minimum atomic E-state index is -0.300. The van der Waals surface area contributed by atoms with Crippen molar-refractivity contribution in [1.29, 1.82) is 0 Å². The van der Waals surface area contributed by atoms with Crippen molar-refractivity contribution in [3.8, 4) is 0 Å². The first-order valence-corrected chi connectivity index (χ1v) is 6.17. The van der Waals surface area contributed by atoms with E-state index in [1.807, 2.05) is 0 Å². The predicted octanol–water partition coefficient (Wildman–Crippen LogP) is 2.48. The molecule has 2 aromatic carbocycles. The lowest BCUT2D eigenvalue weighted by Crippen LogP contribution is -2.30. The van der Waals surface area contributed by atoms with E-state index in [0.29, 0.717) is 11.4 Å². The van der Waals surface area contributed by atoms with Crippen LogP contribution in [0.2, 0.25) is 0 Å². The van der Waals surface area contributed by atoms with Crippen molar-refractivity contribution in [3.05, 3.63) is 54.3 Å². The Morgan fingerprint density at radius 1 is 1.25 bits per heavy atom. The summed E-state index contributed by atoms with van der Waals surface area (Å²) >= 11 is 0. The van der Waals surface area contributed by atoms with Crippen LogP contribution in [-0.2, 0) is 4.79 Å². The summed E-state index contributed by atoms with van der Waals surface area (Å²) in [6, 6.07) is 13.0. The van der Waals surface area contributed by atoms with Gasteiger partial charge in [0.2, 0.25) is 5.91 Å². The van der Waals surface area contributed by atoms with Gasteiger partial charge in [-0.2, -0.15) is 0 Å². The fourth-order valence-electron chi connectivity index (χ4n) is 1.82. The van der Waals surface area contributed by atoms with Crippen LogP contribution in [0.1, 0.15) is 0 Å². The number of carbonyl (C=O) groups is 1. The number of nitrogens with two attached hydrogens (primary N) is 1. The molecule has 0 saturated heterocycles. The quantitative estimate of drug-likeness (QED) is 0.841. The Balaban J connectivity index is 1.95. The molecular formula is C15H16FN3O. The summed E-state index contributed by atoms with van der Waals surface area (Å²) in [4.78, 5) is 13.6. The van der Waals surface area contributed by atoms with Crippen LogP contribution in [0.5, 0.6) is 0 Å². The molecule has 2 aromatic rings. The van der Waals surface area contributed by atoms with Crippen LogP contribution in [0.3, 0.4) is 0 Å². The molecule has 5 heteroatoms. The van der Waals surface area contributed by atoms with Crippen LogP contribution in [0.4, 0.5) is 21.5 Å². The second-order valence-corrected chi connectivity index (χ2v) is 4.51. The van der Waals surface area contributed by atoms with Gasteiger partial charge in [0.05, 0.1) is 6.54 Å². The van der Waals surface area contributed by atoms with E-state index in [0.717, 1.165) is 5.69 Å². The Hall–Kier alpha value is -2.56. The van der Waals surface area contributed by atoms with Gasteiger partial charge in [0, 0.05) is 24.1 Å². The van der Waals surface area contributed by atoms with E-state index in [-0.39, 0.29) is 18.3 Å². The minimum Gasteiger partial charge on any atom is -0.399 e. The molecular weight excluding hydrogens is 257 g/mol. The maximum atomic E-state index is 12.8. The van der Waals surface area contributed by atoms with Crippen molar-refractivity contribution in [3.63, 3.8) is 0 Å². The number of hydrogen-bond acceptors (Lipinski definition) is 3. The van der Waals surface area contributed by atoms with E-state index in [1.54, 1.807) is 48.3 Å². The lowest BCUT2D eigenvalue weighted by atomic mass is 10.2. The van der Waals surface area contributed by atoms with Gasteiger partial charge >= 0.3 is 0 Å². The monoisotopic (exact) mass is 273 g/mol. The van der Waals surface area contributed by atoms with Gasteiger partial charge in [-0.3, -0.25) is 4.79 Å². The number of amides is 1. The third-order valence-corrected chi connectivity index (χ3v) is 2.82. The third-order valence-electron chi connectivity index (χ3n) is 2.82. The summed E-state index contributed by atoms with van der Waals surface area (Å²) in [7, 11) is 1.77. The van der Waals surface area contributed by atoms with E-state index < -0.39 is 0 Å². The molecule has 0 radical (unpaired) electrons. The lowest BCUT2D eigenvalue weighted by molar-refractivity contribution is -0.114. The summed E-state index contributed by atoms with van der Waals surface area (Å²) in [5.41, 5.74) is 7.66. The molecule has 0 aromatic heterocycles. The summed E-state index contributed by atoms with van der Waals surface area (Å²) in [6.07, 6.45) is 0. The normalized spacial score (nSPS) is 10.1. The van der Waals surface area contributed by atoms with Crippen molar-refractivity contribution in [2.45, 2.75) is 0 Å². The highest BCUT2D eigenvalue weighted by Crippen LogP contribution is 2.14. The van der Waals surface area contributed by atoms with Crippen LogP contribution in [-0.4, -0.2) is 19.5 Å². The molecule has 1 amide bonds. The molecule has 0 unspecified atom stereocenters. The van der Waals surface area contributed by atoms with Crippen molar-refractivity contribution in [2.75, 3.05) is 29.5 Å². The van der Waals surface area contributed by atoms with Gasteiger partial charge in [0.1, 0.15) is 5.82 Å². The van der Waals surface area contributed by atoms with E-state index in [4.69, 9.17) is 5.73 Å². The van der Waals surface area contributed by atoms with Gasteiger partial charge in [-0.15, -0.1) is 0 Å². The number of nitrogen functional groups attached to an aromatic ring is 1. The van der Waals surface area contributed by atoms with Gasteiger partial charge < -0.3 is 16.0 Å². The minimum absolute atomic E-state index is 0.164. The van der Waals surface area contributed by atoms with Gasteiger partial charge in [-0.1, -0.05) is 6.07 Å². The molecule has 4 nitrogen and oxygen atoms in total. The third kappa shape index (κ3) is 3.71. The summed E-state index contributed by atoms with van der Waals surface area (Å²) < 4.78 is 12.8. The Labute approximate surface area is 117 Å². The number of hydrogen-bond donors (Lipinski definition) is 2. The number of nitrogens with one attached hydrogen (secondary N) is 1. The first-order valence-electron chi connectivity index (χ1n) is 6.17. The summed E-state index contributed by atoms with van der Waals surface area (Å²) in [5.74, 6) is -0.464. The average Bonchev–Trinajstić information content (AvgIpc) is 2.39. The fraction of sp³-hybridized carbons (Fsp3) is 0.133. The number of benzene rings is 2.